The third-order valence-electron chi connectivity index (χ3n) is 2.71. The van der Waals surface area contributed by atoms with Crippen LogP contribution in [0.5, 0.6) is 11.5 Å². The highest BCUT2D eigenvalue weighted by atomic mass is 16.6. The van der Waals surface area contributed by atoms with Gasteiger partial charge in [-0.05, 0) is 12.1 Å². The van der Waals surface area contributed by atoms with E-state index in [1.54, 1.807) is 18.2 Å². The number of anilines is 2. The Morgan fingerprint density at radius 1 is 1.32 bits per heavy atom. The number of benzene rings is 1. The molecule has 1 aliphatic rings. The van der Waals surface area contributed by atoms with Gasteiger partial charge in [0.15, 0.2) is 11.5 Å². The summed E-state index contributed by atoms with van der Waals surface area (Å²) < 4.78 is 10.8. The first-order valence-corrected chi connectivity index (χ1v) is 5.74. The van der Waals surface area contributed by atoms with E-state index >= 15 is 0 Å². The van der Waals surface area contributed by atoms with Gasteiger partial charge in [0.05, 0.1) is 6.20 Å². The molecule has 19 heavy (non-hydrogen) atoms. The first kappa shape index (κ1) is 11.4. The molecule has 4 N–H and O–H groups in total. The summed E-state index contributed by atoms with van der Waals surface area (Å²) in [5.74, 6) is 1.19. The normalized spacial score (nSPS) is 13.1. The maximum atomic E-state index is 11.9. The summed E-state index contributed by atoms with van der Waals surface area (Å²) in [6.07, 6.45) is 1.38. The lowest BCUT2D eigenvalue weighted by Gasteiger charge is -2.18. The lowest BCUT2D eigenvalue weighted by molar-refractivity contribution is 0.102. The fraction of sp³-hybridized carbons (Fsp3) is 0.167. The van der Waals surface area contributed by atoms with E-state index in [9.17, 15) is 4.79 Å². The number of hydrogen-bond acceptors (Lipinski definition) is 5. The van der Waals surface area contributed by atoms with Crippen LogP contribution in [0.4, 0.5) is 11.5 Å². The van der Waals surface area contributed by atoms with Gasteiger partial charge in [0, 0.05) is 11.8 Å². The molecule has 0 bridgehead atoms. The number of aromatic nitrogens is 2. The van der Waals surface area contributed by atoms with Gasteiger partial charge in [0.2, 0.25) is 0 Å². The van der Waals surface area contributed by atoms with Crippen LogP contribution in [-0.4, -0.2) is 29.3 Å². The Morgan fingerprint density at radius 3 is 2.84 bits per heavy atom. The highest BCUT2D eigenvalue weighted by molar-refractivity contribution is 6.07. The van der Waals surface area contributed by atoms with Crippen LogP contribution < -0.4 is 20.5 Å². The van der Waals surface area contributed by atoms with Crippen molar-refractivity contribution in [1.29, 1.82) is 0 Å². The average Bonchev–Trinajstić information content (AvgIpc) is 2.85. The molecule has 7 nitrogen and oxygen atoms in total. The molecule has 2 heterocycles. The van der Waals surface area contributed by atoms with E-state index in [1.165, 1.54) is 6.20 Å². The number of amides is 1. The Hall–Kier alpha value is -2.70. The average molecular weight is 260 g/mol. The van der Waals surface area contributed by atoms with E-state index < -0.39 is 0 Å². The second-order valence-corrected chi connectivity index (χ2v) is 4.01. The number of fused-ring (bicyclic) bond motifs is 1. The van der Waals surface area contributed by atoms with Gasteiger partial charge in [-0.25, -0.2) is 0 Å². The lowest BCUT2D eigenvalue weighted by atomic mass is 10.2. The molecule has 1 aromatic carbocycles. The van der Waals surface area contributed by atoms with Crippen molar-refractivity contribution in [2.75, 3.05) is 24.3 Å². The molecule has 7 heteroatoms. The molecular weight excluding hydrogens is 248 g/mol. The zero-order valence-electron chi connectivity index (χ0n) is 9.97. The SMILES string of the molecule is Nc1[nH]ncc1C(=O)Nc1ccc2c(c1)OCCO2. The molecule has 0 fully saturated rings. The van der Waals surface area contributed by atoms with Crippen LogP contribution in [0.3, 0.4) is 0 Å². The predicted octanol–water partition coefficient (Wildman–Crippen LogP) is 1.02. The summed E-state index contributed by atoms with van der Waals surface area (Å²) in [5, 5.41) is 8.93. The highest BCUT2D eigenvalue weighted by Crippen LogP contribution is 2.32. The first-order valence-electron chi connectivity index (χ1n) is 5.74. The fourth-order valence-corrected chi connectivity index (χ4v) is 1.80. The van der Waals surface area contributed by atoms with Gasteiger partial charge in [-0.1, -0.05) is 0 Å². The first-order chi connectivity index (χ1) is 9.24. The number of rotatable bonds is 2. The Bertz CT molecular complexity index is 623. The number of carbonyl (C=O) groups excluding carboxylic acids is 1. The number of nitrogens with one attached hydrogen (secondary N) is 2. The van der Waals surface area contributed by atoms with Crippen LogP contribution >= 0.6 is 0 Å². The van der Waals surface area contributed by atoms with Crippen molar-refractivity contribution in [2.45, 2.75) is 0 Å². The molecule has 1 aliphatic heterocycles. The molecule has 3 rings (SSSR count). The standard InChI is InChI=1S/C12H12N4O3/c13-11-8(6-14-16-11)12(17)15-7-1-2-9-10(5-7)19-4-3-18-9/h1-2,5-6H,3-4H2,(H,15,17)(H3,13,14,16). The number of nitrogen functional groups attached to an aromatic ring is 1. The Balaban J connectivity index is 1.80. The Kier molecular flexibility index (Phi) is 2.71. The molecule has 98 valence electrons. The van der Waals surface area contributed by atoms with Crippen molar-refractivity contribution in [3.8, 4) is 11.5 Å². The number of hydrogen-bond donors (Lipinski definition) is 3. The summed E-state index contributed by atoms with van der Waals surface area (Å²) in [6.45, 7) is 1.03. The smallest absolute Gasteiger partial charge is 0.261 e. The zero-order valence-corrected chi connectivity index (χ0v) is 9.97. The van der Waals surface area contributed by atoms with Gasteiger partial charge in [0.1, 0.15) is 24.6 Å². The number of nitrogens with two attached hydrogens (primary N) is 1. The molecule has 0 atom stereocenters. The number of nitrogens with zero attached hydrogens (tertiary/aromatic N) is 1. The van der Waals surface area contributed by atoms with Gasteiger partial charge in [-0.3, -0.25) is 9.89 Å². The van der Waals surface area contributed by atoms with Crippen LogP contribution in [0, 0.1) is 0 Å². The van der Waals surface area contributed by atoms with Crippen LogP contribution in [0.1, 0.15) is 10.4 Å². The molecule has 0 saturated carbocycles. The summed E-state index contributed by atoms with van der Waals surface area (Å²) in [4.78, 5) is 11.9. The highest BCUT2D eigenvalue weighted by Gasteiger charge is 2.15. The van der Waals surface area contributed by atoms with Crippen molar-refractivity contribution < 1.29 is 14.3 Å². The van der Waals surface area contributed by atoms with E-state index in [0.717, 1.165) is 0 Å². The number of aromatic amines is 1. The minimum Gasteiger partial charge on any atom is -0.486 e. The van der Waals surface area contributed by atoms with Gasteiger partial charge in [-0.2, -0.15) is 5.10 Å². The molecule has 2 aromatic rings. The molecule has 0 radical (unpaired) electrons. The Morgan fingerprint density at radius 2 is 2.11 bits per heavy atom. The van der Waals surface area contributed by atoms with E-state index in [2.05, 4.69) is 15.5 Å². The van der Waals surface area contributed by atoms with E-state index in [1.807, 2.05) is 0 Å². The summed E-state index contributed by atoms with van der Waals surface area (Å²) in [6, 6.07) is 5.20. The number of carbonyl (C=O) groups is 1. The van der Waals surface area contributed by atoms with Crippen molar-refractivity contribution in [2.24, 2.45) is 0 Å². The number of H-pyrrole nitrogens is 1. The van der Waals surface area contributed by atoms with Crippen molar-refractivity contribution in [1.82, 2.24) is 10.2 Å². The van der Waals surface area contributed by atoms with Crippen LogP contribution in [0.25, 0.3) is 0 Å². The fourth-order valence-electron chi connectivity index (χ4n) is 1.80. The quantitative estimate of drug-likeness (QED) is 0.748. The molecule has 0 unspecified atom stereocenters. The van der Waals surface area contributed by atoms with Crippen molar-refractivity contribution in [3.05, 3.63) is 30.0 Å². The molecule has 1 aromatic heterocycles. The summed E-state index contributed by atoms with van der Waals surface area (Å²) in [5.41, 5.74) is 6.49. The minimum absolute atomic E-state index is 0.232. The van der Waals surface area contributed by atoms with Crippen molar-refractivity contribution in [3.63, 3.8) is 0 Å². The third-order valence-corrected chi connectivity index (χ3v) is 2.71. The molecule has 0 saturated heterocycles. The molecular formula is C12H12N4O3. The zero-order chi connectivity index (χ0) is 13.2. The predicted molar refractivity (Wildman–Crippen MR) is 68.4 cm³/mol. The van der Waals surface area contributed by atoms with Gasteiger partial charge >= 0.3 is 0 Å². The minimum atomic E-state index is -0.331. The lowest BCUT2D eigenvalue weighted by Crippen LogP contribution is -2.16. The number of ether oxygens (including phenoxy) is 2. The van der Waals surface area contributed by atoms with E-state index in [4.69, 9.17) is 15.2 Å². The van der Waals surface area contributed by atoms with E-state index in [-0.39, 0.29) is 11.7 Å². The van der Waals surface area contributed by atoms with Gasteiger partial charge < -0.3 is 20.5 Å². The summed E-state index contributed by atoms with van der Waals surface area (Å²) >= 11 is 0. The Labute approximate surface area is 108 Å². The second-order valence-electron chi connectivity index (χ2n) is 4.01. The van der Waals surface area contributed by atoms with Crippen molar-refractivity contribution >= 4 is 17.4 Å². The largest absolute Gasteiger partial charge is 0.486 e. The maximum absolute atomic E-state index is 11.9. The molecule has 1 amide bonds. The molecule has 0 spiro atoms. The van der Waals surface area contributed by atoms with Crippen LogP contribution in [0.15, 0.2) is 24.4 Å². The van der Waals surface area contributed by atoms with Gasteiger partial charge in [-0.15, -0.1) is 0 Å². The van der Waals surface area contributed by atoms with Gasteiger partial charge in [0.25, 0.3) is 5.91 Å². The summed E-state index contributed by atoms with van der Waals surface area (Å²) in [7, 11) is 0. The second kappa shape index (κ2) is 4.52. The van der Waals surface area contributed by atoms with E-state index in [0.29, 0.717) is 36.0 Å². The monoisotopic (exact) mass is 260 g/mol. The molecule has 0 aliphatic carbocycles. The topological polar surface area (TPSA) is 102 Å². The maximum Gasteiger partial charge on any atom is 0.261 e. The third kappa shape index (κ3) is 2.17. The van der Waals surface area contributed by atoms with Crippen LogP contribution in [0.2, 0.25) is 0 Å². The van der Waals surface area contributed by atoms with Crippen LogP contribution in [-0.2, 0) is 0 Å².